The molecular formula is C12H14ClN3O. The van der Waals surface area contributed by atoms with Crippen molar-refractivity contribution < 1.29 is 4.74 Å². The zero-order valence-corrected chi connectivity index (χ0v) is 10.5. The third-order valence-corrected chi connectivity index (χ3v) is 2.66. The van der Waals surface area contributed by atoms with Gasteiger partial charge in [0.1, 0.15) is 5.75 Å². The highest BCUT2D eigenvalue weighted by molar-refractivity contribution is 6.31. The lowest BCUT2D eigenvalue weighted by Crippen LogP contribution is -2.05. The second kappa shape index (κ2) is 5.21. The summed E-state index contributed by atoms with van der Waals surface area (Å²) in [5.74, 6) is 1.41. The van der Waals surface area contributed by atoms with Crippen molar-refractivity contribution in [3.05, 3.63) is 41.2 Å². The van der Waals surface area contributed by atoms with Crippen LogP contribution in [-0.4, -0.2) is 16.8 Å². The van der Waals surface area contributed by atoms with Gasteiger partial charge in [-0.05, 0) is 24.7 Å². The molecule has 0 saturated carbocycles. The summed E-state index contributed by atoms with van der Waals surface area (Å²) in [4.78, 5) is 0. The van der Waals surface area contributed by atoms with E-state index in [0.717, 1.165) is 12.1 Å². The van der Waals surface area contributed by atoms with E-state index in [9.17, 15) is 0 Å². The van der Waals surface area contributed by atoms with E-state index in [4.69, 9.17) is 16.3 Å². The van der Waals surface area contributed by atoms with Crippen LogP contribution < -0.4 is 10.1 Å². The van der Waals surface area contributed by atoms with Crippen molar-refractivity contribution in [3.63, 3.8) is 0 Å². The maximum atomic E-state index is 6.14. The second-order valence-electron chi connectivity index (χ2n) is 3.74. The van der Waals surface area contributed by atoms with Crippen molar-refractivity contribution in [3.8, 4) is 11.5 Å². The van der Waals surface area contributed by atoms with Gasteiger partial charge in [0.2, 0.25) is 0 Å². The molecule has 4 nitrogen and oxygen atoms in total. The molecule has 1 aromatic carbocycles. The minimum Gasteiger partial charge on any atom is -0.454 e. The third kappa shape index (κ3) is 2.99. The first-order chi connectivity index (χ1) is 8.19. The van der Waals surface area contributed by atoms with E-state index in [0.29, 0.717) is 16.5 Å². The Morgan fingerprint density at radius 1 is 1.41 bits per heavy atom. The minimum atomic E-state index is 0.695. The van der Waals surface area contributed by atoms with Crippen LogP contribution in [0.15, 0.2) is 30.6 Å². The highest BCUT2D eigenvalue weighted by Crippen LogP contribution is 2.26. The molecule has 5 heteroatoms. The van der Waals surface area contributed by atoms with E-state index in [1.54, 1.807) is 23.1 Å². The van der Waals surface area contributed by atoms with Crippen LogP contribution in [0.3, 0.4) is 0 Å². The Morgan fingerprint density at radius 3 is 2.82 bits per heavy atom. The first-order valence-corrected chi connectivity index (χ1v) is 5.66. The lowest BCUT2D eigenvalue weighted by Gasteiger charge is -2.07. The van der Waals surface area contributed by atoms with Crippen molar-refractivity contribution in [2.45, 2.75) is 6.54 Å². The summed E-state index contributed by atoms with van der Waals surface area (Å²) < 4.78 is 7.31. The number of aromatic nitrogens is 2. The largest absolute Gasteiger partial charge is 0.454 e. The third-order valence-electron chi connectivity index (χ3n) is 2.31. The standard InChI is InChI=1S/C12H14ClN3O/c1-14-6-9-3-4-10(5-12(9)13)17-11-7-15-16(2)8-11/h3-5,7-8,14H,6H2,1-2H3. The Morgan fingerprint density at radius 2 is 2.24 bits per heavy atom. The molecule has 0 atom stereocenters. The molecule has 17 heavy (non-hydrogen) atoms. The van der Waals surface area contributed by atoms with E-state index in [1.807, 2.05) is 26.2 Å². The zero-order valence-electron chi connectivity index (χ0n) is 9.77. The van der Waals surface area contributed by atoms with Crippen molar-refractivity contribution in [1.29, 1.82) is 0 Å². The van der Waals surface area contributed by atoms with Crippen molar-refractivity contribution >= 4 is 11.6 Å². The van der Waals surface area contributed by atoms with Crippen LogP contribution in [0.5, 0.6) is 11.5 Å². The molecule has 1 aromatic heterocycles. The lowest BCUT2D eigenvalue weighted by molar-refractivity contribution is 0.481. The summed E-state index contributed by atoms with van der Waals surface area (Å²) in [5.41, 5.74) is 1.05. The fourth-order valence-electron chi connectivity index (χ4n) is 1.51. The number of rotatable bonds is 4. The average Bonchev–Trinajstić information content (AvgIpc) is 2.68. The molecule has 0 aliphatic rings. The Hall–Kier alpha value is -1.52. The number of nitrogens with zero attached hydrogens (tertiary/aromatic N) is 2. The van der Waals surface area contributed by atoms with Gasteiger partial charge in [0.25, 0.3) is 0 Å². The molecule has 1 heterocycles. The molecule has 0 saturated heterocycles. The van der Waals surface area contributed by atoms with Gasteiger partial charge in [0.05, 0.1) is 12.4 Å². The number of nitrogens with one attached hydrogen (secondary N) is 1. The summed E-state index contributed by atoms with van der Waals surface area (Å²) in [6, 6.07) is 5.65. The number of hydrogen-bond donors (Lipinski definition) is 1. The molecule has 0 spiro atoms. The Labute approximate surface area is 105 Å². The molecule has 0 aliphatic heterocycles. The molecule has 0 bridgehead atoms. The first-order valence-electron chi connectivity index (χ1n) is 5.28. The zero-order chi connectivity index (χ0) is 12.3. The predicted molar refractivity (Wildman–Crippen MR) is 67.5 cm³/mol. The summed E-state index contributed by atoms with van der Waals surface area (Å²) in [5, 5.41) is 7.78. The molecule has 2 rings (SSSR count). The Bertz CT molecular complexity index is 510. The van der Waals surface area contributed by atoms with E-state index >= 15 is 0 Å². The fourth-order valence-corrected chi connectivity index (χ4v) is 1.75. The Balaban J connectivity index is 2.14. The van der Waals surface area contributed by atoms with Gasteiger partial charge in [0, 0.05) is 18.6 Å². The summed E-state index contributed by atoms with van der Waals surface area (Å²) in [7, 11) is 3.73. The predicted octanol–water partition coefficient (Wildman–Crippen LogP) is 2.59. The molecular weight excluding hydrogens is 238 g/mol. The molecule has 0 fully saturated rings. The van der Waals surface area contributed by atoms with Crippen molar-refractivity contribution in [1.82, 2.24) is 15.1 Å². The quantitative estimate of drug-likeness (QED) is 0.908. The Kier molecular flexibility index (Phi) is 3.66. The van der Waals surface area contributed by atoms with Gasteiger partial charge >= 0.3 is 0 Å². The number of benzene rings is 1. The van der Waals surface area contributed by atoms with E-state index in [1.165, 1.54) is 0 Å². The van der Waals surface area contributed by atoms with Crippen LogP contribution in [0.1, 0.15) is 5.56 Å². The second-order valence-corrected chi connectivity index (χ2v) is 4.14. The number of halogens is 1. The first kappa shape index (κ1) is 12.0. The summed E-state index contributed by atoms with van der Waals surface area (Å²) in [6.45, 7) is 0.742. The molecule has 2 aromatic rings. The van der Waals surface area contributed by atoms with Crippen molar-refractivity contribution in [2.75, 3.05) is 7.05 Å². The monoisotopic (exact) mass is 251 g/mol. The topological polar surface area (TPSA) is 39.1 Å². The SMILES string of the molecule is CNCc1ccc(Oc2cnn(C)c2)cc1Cl. The molecule has 0 amide bonds. The van der Waals surface area contributed by atoms with Crippen LogP contribution in [0.4, 0.5) is 0 Å². The van der Waals surface area contributed by atoms with E-state index in [2.05, 4.69) is 10.4 Å². The average molecular weight is 252 g/mol. The smallest absolute Gasteiger partial charge is 0.165 e. The van der Waals surface area contributed by atoms with Gasteiger partial charge in [0.15, 0.2) is 5.75 Å². The van der Waals surface area contributed by atoms with Gasteiger partial charge in [-0.1, -0.05) is 17.7 Å². The van der Waals surface area contributed by atoms with E-state index in [-0.39, 0.29) is 0 Å². The van der Waals surface area contributed by atoms with Crippen LogP contribution in [0.2, 0.25) is 5.02 Å². The fraction of sp³-hybridized carbons (Fsp3) is 0.250. The van der Waals surface area contributed by atoms with Crippen LogP contribution in [-0.2, 0) is 13.6 Å². The van der Waals surface area contributed by atoms with Crippen molar-refractivity contribution in [2.24, 2.45) is 7.05 Å². The molecule has 0 aliphatic carbocycles. The highest BCUT2D eigenvalue weighted by atomic mass is 35.5. The van der Waals surface area contributed by atoms with Gasteiger partial charge < -0.3 is 10.1 Å². The molecule has 0 unspecified atom stereocenters. The number of ether oxygens (including phenoxy) is 1. The lowest BCUT2D eigenvalue weighted by atomic mass is 10.2. The molecule has 90 valence electrons. The van der Waals surface area contributed by atoms with Gasteiger partial charge in [-0.25, -0.2) is 0 Å². The summed E-state index contributed by atoms with van der Waals surface area (Å²) in [6.07, 6.45) is 3.46. The van der Waals surface area contributed by atoms with Crippen LogP contribution >= 0.6 is 11.6 Å². The highest BCUT2D eigenvalue weighted by Gasteiger charge is 2.04. The van der Waals surface area contributed by atoms with Gasteiger partial charge in [-0.2, -0.15) is 5.10 Å². The van der Waals surface area contributed by atoms with Crippen LogP contribution in [0.25, 0.3) is 0 Å². The number of hydrogen-bond acceptors (Lipinski definition) is 3. The maximum absolute atomic E-state index is 6.14. The van der Waals surface area contributed by atoms with Crippen LogP contribution in [0, 0.1) is 0 Å². The molecule has 1 N–H and O–H groups in total. The molecule has 0 radical (unpaired) electrons. The van der Waals surface area contributed by atoms with Gasteiger partial charge in [-0.15, -0.1) is 0 Å². The normalized spacial score (nSPS) is 10.5. The summed E-state index contributed by atoms with van der Waals surface area (Å²) >= 11 is 6.14. The van der Waals surface area contributed by atoms with E-state index < -0.39 is 0 Å². The number of aryl methyl sites for hydroxylation is 1. The van der Waals surface area contributed by atoms with Gasteiger partial charge in [-0.3, -0.25) is 4.68 Å². The maximum Gasteiger partial charge on any atom is 0.165 e. The minimum absolute atomic E-state index is 0.695.